The van der Waals surface area contributed by atoms with Crippen LogP contribution >= 0.6 is 0 Å². The van der Waals surface area contributed by atoms with Crippen molar-refractivity contribution in [2.24, 2.45) is 0 Å². The molecule has 0 unspecified atom stereocenters. The maximum atomic E-state index is 12.5. The molecule has 24 heavy (non-hydrogen) atoms. The molecule has 1 aliphatic rings. The maximum absolute atomic E-state index is 12.5. The predicted octanol–water partition coefficient (Wildman–Crippen LogP) is 1.31. The minimum atomic E-state index is -3.72. The van der Waals surface area contributed by atoms with E-state index in [-0.39, 0.29) is 24.0 Å². The predicted molar refractivity (Wildman–Crippen MR) is 88.2 cm³/mol. The Kier molecular flexibility index (Phi) is 4.50. The Morgan fingerprint density at radius 2 is 2.12 bits per heavy atom. The van der Waals surface area contributed by atoms with Crippen molar-refractivity contribution in [2.75, 3.05) is 18.1 Å². The van der Waals surface area contributed by atoms with Gasteiger partial charge in [0.2, 0.25) is 10.0 Å². The van der Waals surface area contributed by atoms with Gasteiger partial charge in [-0.25, -0.2) is 13.1 Å². The Labute approximate surface area is 140 Å². The first-order valence-corrected chi connectivity index (χ1v) is 8.96. The first-order chi connectivity index (χ1) is 11.5. The quantitative estimate of drug-likeness (QED) is 0.881. The number of rotatable bonds is 5. The highest BCUT2D eigenvalue weighted by atomic mass is 32.2. The maximum Gasteiger partial charge on any atom is 0.265 e. The summed E-state index contributed by atoms with van der Waals surface area (Å²) in [5.41, 5.74) is 1.09. The number of fused-ring (bicyclic) bond motifs is 1. The van der Waals surface area contributed by atoms with Crippen LogP contribution in [0.1, 0.15) is 12.6 Å². The van der Waals surface area contributed by atoms with Gasteiger partial charge in [-0.15, -0.1) is 0 Å². The molecule has 0 saturated heterocycles. The molecule has 1 N–H and O–H groups in total. The number of nitrogens with one attached hydrogen (secondary N) is 1. The van der Waals surface area contributed by atoms with Gasteiger partial charge >= 0.3 is 0 Å². The van der Waals surface area contributed by atoms with Gasteiger partial charge in [-0.2, -0.15) is 0 Å². The molecule has 1 aliphatic heterocycles. The molecular weight excluding hydrogens is 330 g/mol. The number of hydrogen-bond donors (Lipinski definition) is 1. The number of amides is 1. The molecule has 0 radical (unpaired) electrons. The Morgan fingerprint density at radius 1 is 1.29 bits per heavy atom. The number of sulfonamides is 1. The van der Waals surface area contributed by atoms with E-state index < -0.39 is 10.0 Å². The van der Waals surface area contributed by atoms with Crippen molar-refractivity contribution < 1.29 is 17.9 Å². The van der Waals surface area contributed by atoms with Crippen LogP contribution in [0.3, 0.4) is 0 Å². The summed E-state index contributed by atoms with van der Waals surface area (Å²) in [7, 11) is -3.72. The van der Waals surface area contributed by atoms with E-state index in [0.29, 0.717) is 23.7 Å². The van der Waals surface area contributed by atoms with Crippen molar-refractivity contribution in [3.63, 3.8) is 0 Å². The van der Waals surface area contributed by atoms with E-state index in [1.165, 1.54) is 17.0 Å². The van der Waals surface area contributed by atoms with E-state index in [9.17, 15) is 13.2 Å². The van der Waals surface area contributed by atoms with Crippen molar-refractivity contribution in [1.29, 1.82) is 0 Å². The highest BCUT2D eigenvalue weighted by molar-refractivity contribution is 7.89. The van der Waals surface area contributed by atoms with Crippen LogP contribution < -0.4 is 14.4 Å². The smallest absolute Gasteiger partial charge is 0.265 e. The number of nitrogens with zero attached hydrogens (tertiary/aromatic N) is 2. The van der Waals surface area contributed by atoms with Crippen LogP contribution in [0.25, 0.3) is 0 Å². The Bertz CT molecular complexity index is 853. The van der Waals surface area contributed by atoms with Gasteiger partial charge in [0.05, 0.1) is 22.8 Å². The van der Waals surface area contributed by atoms with Crippen molar-refractivity contribution in [3.8, 4) is 5.75 Å². The lowest BCUT2D eigenvalue weighted by Crippen LogP contribution is -2.38. The van der Waals surface area contributed by atoms with E-state index in [1.54, 1.807) is 30.5 Å². The molecule has 3 rings (SSSR count). The highest BCUT2D eigenvalue weighted by Crippen LogP contribution is 2.34. The molecule has 0 aliphatic carbocycles. The second kappa shape index (κ2) is 6.58. The largest absolute Gasteiger partial charge is 0.482 e. The normalized spacial score (nSPS) is 14.2. The number of likely N-dealkylation sites (N-methyl/N-ethyl adjacent to an activating group) is 1. The van der Waals surface area contributed by atoms with Gasteiger partial charge < -0.3 is 9.64 Å². The van der Waals surface area contributed by atoms with Crippen LogP contribution in [-0.4, -0.2) is 32.5 Å². The molecule has 1 amide bonds. The molecular formula is C16H17N3O4S. The molecule has 0 bridgehead atoms. The van der Waals surface area contributed by atoms with Gasteiger partial charge in [0.1, 0.15) is 5.75 Å². The van der Waals surface area contributed by atoms with Gasteiger partial charge in [0.15, 0.2) is 6.61 Å². The molecule has 126 valence electrons. The summed E-state index contributed by atoms with van der Waals surface area (Å²) in [5.74, 6) is 0.307. The van der Waals surface area contributed by atoms with Crippen LogP contribution in [0.5, 0.6) is 5.75 Å². The van der Waals surface area contributed by atoms with Crippen LogP contribution in [-0.2, 0) is 21.4 Å². The number of carbonyl (C=O) groups excluding carboxylic acids is 1. The van der Waals surface area contributed by atoms with Crippen molar-refractivity contribution >= 4 is 21.6 Å². The SMILES string of the molecule is CCN1C(=O)COc2ccc(S(=O)(=O)NCc3ccccn3)cc21. The molecule has 1 aromatic carbocycles. The zero-order chi connectivity index (χ0) is 17.2. The number of carbonyl (C=O) groups is 1. The Hall–Kier alpha value is -2.45. The van der Waals surface area contributed by atoms with E-state index in [2.05, 4.69) is 9.71 Å². The third-order valence-electron chi connectivity index (χ3n) is 3.67. The lowest BCUT2D eigenvalue weighted by Gasteiger charge is -2.28. The molecule has 0 spiro atoms. The van der Waals surface area contributed by atoms with E-state index in [1.807, 2.05) is 6.92 Å². The molecule has 7 nitrogen and oxygen atoms in total. The third kappa shape index (κ3) is 3.24. The highest BCUT2D eigenvalue weighted by Gasteiger charge is 2.26. The summed E-state index contributed by atoms with van der Waals surface area (Å²) < 4.78 is 32.8. The Morgan fingerprint density at radius 3 is 2.83 bits per heavy atom. The second-order valence-corrected chi connectivity index (χ2v) is 6.97. The number of ether oxygens (including phenoxy) is 1. The fraction of sp³-hybridized carbons (Fsp3) is 0.250. The summed E-state index contributed by atoms with van der Waals surface area (Å²) in [6, 6.07) is 9.77. The van der Waals surface area contributed by atoms with Gasteiger partial charge in [-0.05, 0) is 37.3 Å². The molecule has 0 atom stereocenters. The molecule has 0 saturated carbocycles. The zero-order valence-corrected chi connectivity index (χ0v) is 13.9. The van der Waals surface area contributed by atoms with E-state index in [0.717, 1.165) is 0 Å². The summed E-state index contributed by atoms with van der Waals surface area (Å²) in [4.78, 5) is 17.6. The summed E-state index contributed by atoms with van der Waals surface area (Å²) >= 11 is 0. The zero-order valence-electron chi connectivity index (χ0n) is 13.1. The first-order valence-electron chi connectivity index (χ1n) is 7.48. The topological polar surface area (TPSA) is 88.6 Å². The van der Waals surface area contributed by atoms with Crippen molar-refractivity contribution in [3.05, 3.63) is 48.3 Å². The van der Waals surface area contributed by atoms with Crippen molar-refractivity contribution in [1.82, 2.24) is 9.71 Å². The van der Waals surface area contributed by atoms with Crippen LogP contribution in [0, 0.1) is 0 Å². The van der Waals surface area contributed by atoms with Crippen LogP contribution in [0.4, 0.5) is 5.69 Å². The number of hydrogen-bond acceptors (Lipinski definition) is 5. The standard InChI is InChI=1S/C16H17N3O4S/c1-2-19-14-9-13(6-7-15(14)23-11-16(19)20)24(21,22)18-10-12-5-3-4-8-17-12/h3-9,18H,2,10-11H2,1H3. The molecule has 0 fully saturated rings. The summed E-state index contributed by atoms with van der Waals surface area (Å²) in [5, 5.41) is 0. The second-order valence-electron chi connectivity index (χ2n) is 5.20. The van der Waals surface area contributed by atoms with Gasteiger partial charge in [0, 0.05) is 12.7 Å². The fourth-order valence-corrected chi connectivity index (χ4v) is 3.47. The number of aromatic nitrogens is 1. The minimum absolute atomic E-state index is 0.0368. The monoisotopic (exact) mass is 347 g/mol. The van der Waals surface area contributed by atoms with Crippen LogP contribution in [0.2, 0.25) is 0 Å². The lowest BCUT2D eigenvalue weighted by molar-refractivity contribution is -0.121. The fourth-order valence-electron chi connectivity index (χ4n) is 2.45. The lowest BCUT2D eigenvalue weighted by atomic mass is 10.2. The van der Waals surface area contributed by atoms with Crippen LogP contribution in [0.15, 0.2) is 47.5 Å². The van der Waals surface area contributed by atoms with Crippen molar-refractivity contribution in [2.45, 2.75) is 18.4 Å². The first kappa shape index (κ1) is 16.4. The van der Waals surface area contributed by atoms with E-state index >= 15 is 0 Å². The summed E-state index contributed by atoms with van der Waals surface area (Å²) in [6.07, 6.45) is 1.60. The summed E-state index contributed by atoms with van der Waals surface area (Å²) in [6.45, 7) is 2.32. The average Bonchev–Trinajstić information content (AvgIpc) is 2.60. The third-order valence-corrected chi connectivity index (χ3v) is 5.07. The minimum Gasteiger partial charge on any atom is -0.482 e. The number of pyridine rings is 1. The van der Waals surface area contributed by atoms with E-state index in [4.69, 9.17) is 4.74 Å². The van der Waals surface area contributed by atoms with Gasteiger partial charge in [-0.1, -0.05) is 6.07 Å². The number of benzene rings is 1. The molecule has 8 heteroatoms. The molecule has 2 aromatic rings. The van der Waals surface area contributed by atoms with Gasteiger partial charge in [0.25, 0.3) is 5.91 Å². The molecule has 1 aromatic heterocycles. The molecule has 2 heterocycles. The van der Waals surface area contributed by atoms with Gasteiger partial charge in [-0.3, -0.25) is 9.78 Å². The average molecular weight is 347 g/mol. The Balaban J connectivity index is 1.86. The number of anilines is 1.